The van der Waals surface area contributed by atoms with Crippen molar-refractivity contribution in [3.63, 3.8) is 0 Å². The van der Waals surface area contributed by atoms with Crippen LogP contribution in [0.3, 0.4) is 0 Å². The van der Waals surface area contributed by atoms with Crippen LogP contribution in [0.25, 0.3) is 5.73 Å². The molecule has 0 heterocycles. The van der Waals surface area contributed by atoms with Gasteiger partial charge in [-0.25, -0.2) is 4.39 Å². The van der Waals surface area contributed by atoms with Crippen LogP contribution in [0.1, 0.15) is 10.4 Å². The maximum atomic E-state index is 13.1. The third kappa shape index (κ3) is 3.60. The number of aliphatic carboxylic acids is 1. The van der Waals surface area contributed by atoms with Crippen LogP contribution in [-0.4, -0.2) is 29.6 Å². The number of hydrogen-bond donors (Lipinski definition) is 2. The van der Waals surface area contributed by atoms with Crippen LogP contribution < -0.4 is 5.32 Å². The van der Waals surface area contributed by atoms with Crippen molar-refractivity contribution in [2.45, 2.75) is 6.04 Å². The third-order valence-corrected chi connectivity index (χ3v) is 1.88. The number of nitrogens with one attached hydrogen (secondary N) is 2. The number of carbonyl (C=O) groups is 2. The van der Waals surface area contributed by atoms with Gasteiger partial charge in [-0.3, -0.25) is 9.59 Å². The fourth-order valence-corrected chi connectivity index (χ4v) is 1.02. The van der Waals surface area contributed by atoms with Crippen LogP contribution >= 0.6 is 0 Å². The molecule has 7 heteroatoms. The van der Waals surface area contributed by atoms with Crippen molar-refractivity contribution >= 4 is 11.9 Å². The van der Waals surface area contributed by atoms with E-state index in [1.165, 1.54) is 18.2 Å². The van der Waals surface area contributed by atoms with Gasteiger partial charge in [0.2, 0.25) is 0 Å². The van der Waals surface area contributed by atoms with E-state index in [-0.39, 0.29) is 12.1 Å². The Bertz CT molecular complexity index is 414. The second-order valence-corrected chi connectivity index (χ2v) is 3.08. The Kier molecular flexibility index (Phi) is 4.81. The fraction of sp³-hybridized carbons (Fsp3) is 0.200. The van der Waals surface area contributed by atoms with Crippen LogP contribution in [0.4, 0.5) is 4.39 Å². The van der Waals surface area contributed by atoms with Crippen LogP contribution in [0.15, 0.2) is 24.3 Å². The van der Waals surface area contributed by atoms with Gasteiger partial charge in [-0.15, -0.1) is 0 Å². The van der Waals surface area contributed by atoms with Gasteiger partial charge >= 0.3 is 0 Å². The van der Waals surface area contributed by atoms with E-state index in [2.05, 4.69) is 5.32 Å². The minimum Gasteiger partial charge on any atom is -0.664 e. The number of rotatable bonds is 4. The Labute approximate surface area is 91.1 Å². The molecule has 0 spiro atoms. The van der Waals surface area contributed by atoms with Gasteiger partial charge in [0, 0.05) is 6.54 Å². The van der Waals surface area contributed by atoms with E-state index in [0.29, 0.717) is 0 Å². The summed E-state index contributed by atoms with van der Waals surface area (Å²) < 4.78 is 13.1. The van der Waals surface area contributed by atoms with Gasteiger partial charge in [0.05, 0.1) is 5.56 Å². The van der Waals surface area contributed by atoms with Gasteiger partial charge in [0.15, 0.2) is 0 Å². The normalized spacial score (nSPS) is 11.2. The molecule has 1 aromatic carbocycles. The molecule has 88 valence electrons. The Balaban J connectivity index is 0.00000256. The maximum Gasteiger partial charge on any atom is 0.287 e. The molecule has 5 nitrogen and oxygen atoms in total. The number of carbonyl (C=O) groups excluding carboxylic acids is 1. The molecule has 0 aliphatic carbocycles. The second kappa shape index (κ2) is 5.82. The average Bonchev–Trinajstić information content (AvgIpc) is 2.25. The largest absolute Gasteiger partial charge is 0.664 e. The van der Waals surface area contributed by atoms with Crippen molar-refractivity contribution < 1.29 is 19.1 Å². The van der Waals surface area contributed by atoms with Crippen LogP contribution in [0.5, 0.6) is 0 Å². The van der Waals surface area contributed by atoms with E-state index in [9.17, 15) is 14.0 Å². The Morgan fingerprint density at radius 3 is 2.53 bits per heavy atom. The maximum absolute atomic E-state index is 13.1. The molecule has 0 aliphatic rings. The Morgan fingerprint density at radius 2 is 2.00 bits per heavy atom. The first-order valence-electron chi connectivity index (χ1n) is 4.49. The molecule has 0 aromatic heterocycles. The first kappa shape index (κ1) is 14.1. The second-order valence-electron chi connectivity index (χ2n) is 3.08. The zero-order valence-electron chi connectivity index (χ0n) is 8.94. The summed E-state index contributed by atoms with van der Waals surface area (Å²) in [5.41, 5.74) is 6.86. The molecule has 1 rings (SSSR count). The van der Waals surface area contributed by atoms with E-state index in [1.54, 1.807) is 0 Å². The minimum absolute atomic E-state index is 0. The molecular weight excluding hydrogens is 484 g/mol. The summed E-state index contributed by atoms with van der Waals surface area (Å²) in [4.78, 5) is 21.7. The van der Waals surface area contributed by atoms with Crippen molar-refractivity contribution in [1.29, 1.82) is 0 Å². The number of carboxylic acid groups (broad SMARTS) is 1. The Morgan fingerprint density at radius 1 is 1.41 bits per heavy atom. The van der Waals surface area contributed by atoms with Crippen LogP contribution in [-0.2, 0) is 4.79 Å². The molecule has 1 atom stereocenters. The standard InChI is InChI=1S/C10H10FN2O3.Sg/c11-7-4-2-1-3-6(7)9(14)13-5-8(12)10(15)16;/h1-4,8,12H,5H2,(H,13,14)(H,15,16);/q-1;. The molecule has 1 unspecified atom stereocenters. The zero-order valence-corrected chi connectivity index (χ0v) is 15.4. The molecule has 0 radical (unpaired) electrons. The topological polar surface area (TPSA) is 90.2 Å². The molecular formula is C10H10FN2O3Sg-. The summed E-state index contributed by atoms with van der Waals surface area (Å²) in [7, 11) is 0. The summed E-state index contributed by atoms with van der Waals surface area (Å²) in [6.07, 6.45) is 0. The smallest absolute Gasteiger partial charge is 0.287 e. The van der Waals surface area contributed by atoms with Gasteiger partial charge in [-0.05, 0) is 18.2 Å². The molecule has 0 saturated heterocycles. The van der Waals surface area contributed by atoms with Gasteiger partial charge in [-0.1, -0.05) is 12.1 Å². The fourth-order valence-electron chi connectivity index (χ4n) is 1.02. The van der Waals surface area contributed by atoms with E-state index in [0.717, 1.165) is 6.07 Å². The number of benzene rings is 1. The predicted molar refractivity (Wildman–Crippen MR) is 54.5 cm³/mol. The van der Waals surface area contributed by atoms with Crippen molar-refractivity contribution in [3.8, 4) is 0 Å². The molecule has 1 aromatic rings. The molecule has 0 aliphatic heterocycles. The Hall–Kier alpha value is -2.95. The minimum atomic E-state index is -1.45. The monoisotopic (exact) mass is 496 g/mol. The number of amides is 1. The van der Waals surface area contributed by atoms with Gasteiger partial charge in [-0.2, -0.15) is 0 Å². The van der Waals surface area contributed by atoms with Crippen LogP contribution in [0.2, 0.25) is 0 Å². The van der Waals surface area contributed by atoms with Crippen molar-refractivity contribution in [1.82, 2.24) is 5.32 Å². The molecule has 0 fully saturated rings. The number of hydrogen-bond acceptors (Lipinski definition) is 2. The summed E-state index contributed by atoms with van der Waals surface area (Å²) in [5, 5.41) is 10.6. The van der Waals surface area contributed by atoms with E-state index in [4.69, 9.17) is 10.8 Å². The van der Waals surface area contributed by atoms with Gasteiger partial charge in [0.1, 0.15) is 5.82 Å². The van der Waals surface area contributed by atoms with Gasteiger partial charge in [0.25, 0.3) is 11.9 Å². The van der Waals surface area contributed by atoms with E-state index < -0.39 is 23.7 Å². The van der Waals surface area contributed by atoms with Crippen LogP contribution in [0, 0.1) is 5.82 Å². The quantitative estimate of drug-likeness (QED) is 0.657. The number of halogens is 1. The molecule has 3 N–H and O–H groups in total. The SMILES string of the molecule is [NH-]C(CNC(=O)c1ccccc1F)C(=O)O.[Sg]. The average molecular weight is 494 g/mol. The zero-order chi connectivity index (χ0) is 12.1. The van der Waals surface area contributed by atoms with E-state index in [1.807, 2.05) is 0 Å². The van der Waals surface area contributed by atoms with E-state index >= 15 is 0 Å². The van der Waals surface area contributed by atoms with Crippen molar-refractivity contribution in [2.75, 3.05) is 6.54 Å². The number of carboxylic acids is 1. The summed E-state index contributed by atoms with van der Waals surface area (Å²) in [6.45, 7) is -0.359. The molecule has 0 saturated carbocycles. The third-order valence-electron chi connectivity index (χ3n) is 1.88. The van der Waals surface area contributed by atoms with Gasteiger partial charge < -0.3 is 16.2 Å². The summed E-state index contributed by atoms with van der Waals surface area (Å²) in [5.74, 6) is -2.75. The summed E-state index contributed by atoms with van der Waals surface area (Å²) >= 11 is 0. The first-order valence-corrected chi connectivity index (χ1v) is 4.49. The molecule has 17 heavy (non-hydrogen) atoms. The molecule has 1 amide bonds. The first-order chi connectivity index (χ1) is 7.52. The van der Waals surface area contributed by atoms with Crippen molar-refractivity contribution in [2.24, 2.45) is 0 Å². The summed E-state index contributed by atoms with van der Waals surface area (Å²) in [6, 6.07) is 3.90. The predicted octanol–water partition coefficient (Wildman–Crippen LogP) is 1.06. The van der Waals surface area contributed by atoms with Crippen molar-refractivity contribution in [3.05, 3.63) is 41.4 Å². The molecule has 0 bridgehead atoms.